The van der Waals surface area contributed by atoms with Gasteiger partial charge in [-0.25, -0.2) is 0 Å². The summed E-state index contributed by atoms with van der Waals surface area (Å²) >= 11 is 0. The molecule has 0 rings (SSSR count). The lowest BCUT2D eigenvalue weighted by Gasteiger charge is -2.26. The van der Waals surface area contributed by atoms with E-state index in [1.807, 2.05) is 0 Å². The van der Waals surface area contributed by atoms with Gasteiger partial charge in [-0.15, -0.1) is 0 Å². The molecule has 4 nitrogen and oxygen atoms in total. The van der Waals surface area contributed by atoms with E-state index in [1.54, 1.807) is 13.8 Å². The van der Waals surface area contributed by atoms with Gasteiger partial charge >= 0.3 is 6.18 Å². The summed E-state index contributed by atoms with van der Waals surface area (Å²) in [5.41, 5.74) is 0. The number of halogens is 3. The summed E-state index contributed by atoms with van der Waals surface area (Å²) in [4.78, 5) is 13.0. The molecule has 0 heterocycles. The van der Waals surface area contributed by atoms with Crippen molar-refractivity contribution in [3.05, 3.63) is 0 Å². The summed E-state index contributed by atoms with van der Waals surface area (Å²) in [6.07, 6.45) is -3.89. The van der Waals surface area contributed by atoms with Crippen LogP contribution in [-0.4, -0.2) is 54.4 Å². The largest absolute Gasteiger partial charge is 0.401 e. The second-order valence-electron chi connectivity index (χ2n) is 3.98. The Labute approximate surface area is 98.8 Å². The number of aliphatic hydroxyl groups is 1. The number of amides is 1. The van der Waals surface area contributed by atoms with Crippen molar-refractivity contribution in [1.82, 2.24) is 10.2 Å². The molecule has 0 aliphatic carbocycles. The minimum absolute atomic E-state index is 0.0491. The molecule has 0 saturated heterocycles. The minimum atomic E-state index is -4.31. The van der Waals surface area contributed by atoms with Crippen molar-refractivity contribution in [2.75, 3.05) is 26.2 Å². The highest BCUT2D eigenvalue weighted by molar-refractivity contribution is 5.78. The van der Waals surface area contributed by atoms with Crippen LogP contribution in [0.5, 0.6) is 0 Å². The van der Waals surface area contributed by atoms with Crippen LogP contribution in [0.3, 0.4) is 0 Å². The van der Waals surface area contributed by atoms with Crippen molar-refractivity contribution >= 4 is 5.91 Å². The van der Waals surface area contributed by atoms with E-state index in [9.17, 15) is 18.0 Å². The van der Waals surface area contributed by atoms with Crippen LogP contribution < -0.4 is 5.32 Å². The Balaban J connectivity index is 4.06. The fraction of sp³-hybridized carbons (Fsp3) is 0.900. The standard InChI is InChI=1S/C10H19F3N2O2/c1-8(2)15(4-3-5-16)9(17)6-14-7-10(11,12)13/h8,14,16H,3-7H2,1-2H3. The van der Waals surface area contributed by atoms with Crippen LogP contribution in [-0.2, 0) is 4.79 Å². The molecule has 0 atom stereocenters. The Morgan fingerprint density at radius 2 is 2.00 bits per heavy atom. The maximum Gasteiger partial charge on any atom is 0.401 e. The molecule has 17 heavy (non-hydrogen) atoms. The highest BCUT2D eigenvalue weighted by atomic mass is 19.4. The van der Waals surface area contributed by atoms with Crippen LogP contribution in [0.2, 0.25) is 0 Å². The van der Waals surface area contributed by atoms with E-state index in [1.165, 1.54) is 4.90 Å². The summed E-state index contributed by atoms with van der Waals surface area (Å²) in [6.45, 7) is 2.33. The quantitative estimate of drug-likeness (QED) is 0.707. The molecule has 0 saturated carbocycles. The second kappa shape index (κ2) is 7.50. The van der Waals surface area contributed by atoms with E-state index in [2.05, 4.69) is 5.32 Å². The molecule has 0 spiro atoms. The number of carbonyl (C=O) groups is 1. The van der Waals surface area contributed by atoms with Gasteiger partial charge in [-0.1, -0.05) is 0 Å². The van der Waals surface area contributed by atoms with Gasteiger partial charge < -0.3 is 15.3 Å². The average Bonchev–Trinajstić information content (AvgIpc) is 2.15. The lowest BCUT2D eigenvalue weighted by molar-refractivity contribution is -0.135. The van der Waals surface area contributed by atoms with Crippen LogP contribution in [0.15, 0.2) is 0 Å². The fourth-order valence-corrected chi connectivity index (χ4v) is 1.32. The third kappa shape index (κ3) is 7.98. The number of rotatable bonds is 7. The molecular formula is C10H19F3N2O2. The van der Waals surface area contributed by atoms with E-state index >= 15 is 0 Å². The average molecular weight is 256 g/mol. The van der Waals surface area contributed by atoms with Crippen molar-refractivity contribution in [3.8, 4) is 0 Å². The molecule has 0 aromatic heterocycles. The van der Waals surface area contributed by atoms with E-state index in [0.29, 0.717) is 13.0 Å². The molecule has 0 aromatic rings. The Hall–Kier alpha value is -0.820. The van der Waals surface area contributed by atoms with Crippen molar-refractivity contribution in [2.24, 2.45) is 0 Å². The first-order chi connectivity index (χ1) is 7.78. The Kier molecular flexibility index (Phi) is 7.13. The van der Waals surface area contributed by atoms with Gasteiger partial charge in [0.1, 0.15) is 0 Å². The van der Waals surface area contributed by atoms with Crippen molar-refractivity contribution in [1.29, 1.82) is 0 Å². The molecule has 7 heteroatoms. The SMILES string of the molecule is CC(C)N(CCCO)C(=O)CNCC(F)(F)F. The lowest BCUT2D eigenvalue weighted by atomic mass is 10.2. The zero-order valence-electron chi connectivity index (χ0n) is 10.0. The van der Waals surface area contributed by atoms with Gasteiger partial charge in [0.05, 0.1) is 13.1 Å². The molecule has 0 radical (unpaired) electrons. The summed E-state index contributed by atoms with van der Waals surface area (Å²) in [5, 5.41) is 10.7. The van der Waals surface area contributed by atoms with Gasteiger partial charge in [0.25, 0.3) is 0 Å². The molecule has 0 aliphatic rings. The lowest BCUT2D eigenvalue weighted by Crippen LogP contribution is -2.44. The molecule has 1 amide bonds. The Bertz CT molecular complexity index is 232. The monoisotopic (exact) mass is 256 g/mol. The first kappa shape index (κ1) is 16.2. The molecule has 0 fully saturated rings. The molecule has 0 bridgehead atoms. The second-order valence-corrected chi connectivity index (χ2v) is 3.98. The van der Waals surface area contributed by atoms with Crippen LogP contribution in [0.1, 0.15) is 20.3 Å². The third-order valence-corrected chi connectivity index (χ3v) is 2.10. The summed E-state index contributed by atoms with van der Waals surface area (Å²) in [7, 11) is 0. The highest BCUT2D eigenvalue weighted by Gasteiger charge is 2.27. The maximum absolute atomic E-state index is 11.8. The van der Waals surface area contributed by atoms with Gasteiger partial charge in [-0.3, -0.25) is 4.79 Å². The number of hydrogen-bond acceptors (Lipinski definition) is 3. The molecule has 0 aromatic carbocycles. The number of nitrogens with one attached hydrogen (secondary N) is 1. The molecular weight excluding hydrogens is 237 g/mol. The zero-order valence-corrected chi connectivity index (χ0v) is 10.0. The first-order valence-corrected chi connectivity index (χ1v) is 5.45. The van der Waals surface area contributed by atoms with E-state index < -0.39 is 18.6 Å². The number of hydrogen-bond donors (Lipinski definition) is 2. The van der Waals surface area contributed by atoms with Crippen molar-refractivity contribution < 1.29 is 23.1 Å². The Morgan fingerprint density at radius 3 is 2.41 bits per heavy atom. The van der Waals surface area contributed by atoms with E-state index in [-0.39, 0.29) is 19.2 Å². The van der Waals surface area contributed by atoms with Gasteiger partial charge in [-0.05, 0) is 20.3 Å². The maximum atomic E-state index is 11.8. The minimum Gasteiger partial charge on any atom is -0.396 e. The predicted molar refractivity (Wildman–Crippen MR) is 57.5 cm³/mol. The summed E-state index contributed by atoms with van der Waals surface area (Å²) < 4.78 is 35.5. The fourth-order valence-electron chi connectivity index (χ4n) is 1.32. The normalized spacial score (nSPS) is 11.9. The van der Waals surface area contributed by atoms with Crippen molar-refractivity contribution in [3.63, 3.8) is 0 Å². The van der Waals surface area contributed by atoms with Gasteiger partial charge in [0, 0.05) is 19.2 Å². The van der Waals surface area contributed by atoms with Gasteiger partial charge in [0.15, 0.2) is 0 Å². The Morgan fingerprint density at radius 1 is 1.41 bits per heavy atom. The number of aliphatic hydroxyl groups excluding tert-OH is 1. The smallest absolute Gasteiger partial charge is 0.396 e. The van der Waals surface area contributed by atoms with Crippen LogP contribution in [0.25, 0.3) is 0 Å². The van der Waals surface area contributed by atoms with Gasteiger partial charge in [-0.2, -0.15) is 13.2 Å². The predicted octanol–water partition coefficient (Wildman–Crippen LogP) is 0.758. The molecule has 2 N–H and O–H groups in total. The number of nitrogens with zero attached hydrogens (tertiary/aromatic N) is 1. The van der Waals surface area contributed by atoms with Gasteiger partial charge in [0.2, 0.25) is 5.91 Å². The molecule has 102 valence electrons. The van der Waals surface area contributed by atoms with Crippen molar-refractivity contribution in [2.45, 2.75) is 32.5 Å². The molecule has 0 unspecified atom stereocenters. The molecule has 0 aliphatic heterocycles. The van der Waals surface area contributed by atoms with Crippen LogP contribution in [0, 0.1) is 0 Å². The van der Waals surface area contributed by atoms with Crippen LogP contribution >= 0.6 is 0 Å². The third-order valence-electron chi connectivity index (χ3n) is 2.10. The topological polar surface area (TPSA) is 52.6 Å². The van der Waals surface area contributed by atoms with E-state index in [0.717, 1.165) is 0 Å². The highest BCUT2D eigenvalue weighted by Crippen LogP contribution is 2.12. The zero-order chi connectivity index (χ0) is 13.5. The first-order valence-electron chi connectivity index (χ1n) is 5.45. The van der Waals surface area contributed by atoms with Crippen LogP contribution in [0.4, 0.5) is 13.2 Å². The summed E-state index contributed by atoms with van der Waals surface area (Å²) in [6, 6.07) is -0.0956. The number of carbonyl (C=O) groups excluding carboxylic acids is 1. The number of alkyl halides is 3. The summed E-state index contributed by atoms with van der Waals surface area (Å²) in [5.74, 6) is -0.391. The van der Waals surface area contributed by atoms with E-state index in [4.69, 9.17) is 5.11 Å².